The molecule has 1 amide bonds. The lowest BCUT2D eigenvalue weighted by Crippen LogP contribution is -2.25. The molecule has 0 aliphatic carbocycles. The monoisotopic (exact) mass is 424 g/mol. The molecule has 0 fully saturated rings. The van der Waals surface area contributed by atoms with Crippen molar-refractivity contribution in [1.82, 2.24) is 9.78 Å². The first-order valence-corrected chi connectivity index (χ1v) is 9.34. The number of anilines is 2. The zero-order valence-corrected chi connectivity index (χ0v) is 16.6. The summed E-state index contributed by atoms with van der Waals surface area (Å²) in [5, 5.41) is 20.0. The Hall–Kier alpha value is -3.78. The van der Waals surface area contributed by atoms with E-state index in [1.165, 1.54) is 19.4 Å². The fourth-order valence-electron chi connectivity index (χ4n) is 3.18. The molecule has 30 heavy (non-hydrogen) atoms. The molecule has 0 radical (unpaired) electrons. The van der Waals surface area contributed by atoms with Crippen LogP contribution in [0.5, 0.6) is 5.75 Å². The van der Waals surface area contributed by atoms with E-state index in [4.69, 9.17) is 16.3 Å². The topological polar surface area (TPSA) is 105 Å². The van der Waals surface area contributed by atoms with Gasteiger partial charge in [0.2, 0.25) is 0 Å². The van der Waals surface area contributed by atoms with Crippen LogP contribution in [-0.2, 0) is 4.79 Å². The highest BCUT2D eigenvalue weighted by Crippen LogP contribution is 2.33. The molecule has 1 aliphatic rings. The minimum Gasteiger partial charge on any atom is -0.497 e. The van der Waals surface area contributed by atoms with Gasteiger partial charge >= 0.3 is 5.97 Å². The number of nitrogens with one attached hydrogen (secondary N) is 2. The van der Waals surface area contributed by atoms with Crippen LogP contribution in [0.25, 0.3) is 0 Å². The van der Waals surface area contributed by atoms with E-state index in [0.29, 0.717) is 16.5 Å². The van der Waals surface area contributed by atoms with Crippen LogP contribution < -0.4 is 15.4 Å². The van der Waals surface area contributed by atoms with Crippen molar-refractivity contribution in [2.75, 3.05) is 17.7 Å². The molecule has 1 aliphatic heterocycles. The number of carbonyl (C=O) groups excluding carboxylic acids is 1. The standard InChI is InChI=1S/C21H17ClN4O4/c1-30-15-4-2-3-14(9-15)24-20(27)16-11-23-26-18(12-5-7-13(22)8-6-12)10-17(21(28)29)25-19(16)26/h2-11,18,25H,1H3,(H,24,27)(H,28,29). The SMILES string of the molecule is COc1cccc(NC(=O)c2cnn3c2NC(C(=O)O)=CC3c2ccc(Cl)cc2)c1. The quantitative estimate of drug-likeness (QED) is 0.575. The lowest BCUT2D eigenvalue weighted by atomic mass is 10.0. The fraction of sp³-hybridized carbons (Fsp3) is 0.0952. The zero-order valence-electron chi connectivity index (χ0n) is 15.8. The van der Waals surface area contributed by atoms with Crippen LogP contribution in [0.1, 0.15) is 22.0 Å². The van der Waals surface area contributed by atoms with Gasteiger partial charge in [-0.15, -0.1) is 0 Å². The first-order chi connectivity index (χ1) is 14.5. The Morgan fingerprint density at radius 1 is 1.23 bits per heavy atom. The highest BCUT2D eigenvalue weighted by molar-refractivity contribution is 6.30. The summed E-state index contributed by atoms with van der Waals surface area (Å²) in [5.74, 6) is -0.684. The maximum atomic E-state index is 12.9. The highest BCUT2D eigenvalue weighted by Gasteiger charge is 2.29. The first kappa shape index (κ1) is 19.5. The zero-order chi connectivity index (χ0) is 21.3. The Morgan fingerprint density at radius 2 is 2.00 bits per heavy atom. The minimum absolute atomic E-state index is 0.0432. The number of halogens is 1. The van der Waals surface area contributed by atoms with Gasteiger partial charge in [0.1, 0.15) is 22.8 Å². The number of hydrogen-bond donors (Lipinski definition) is 3. The molecule has 1 atom stereocenters. The third-order valence-electron chi connectivity index (χ3n) is 4.65. The van der Waals surface area contributed by atoms with Crippen molar-refractivity contribution < 1.29 is 19.4 Å². The normalized spacial score (nSPS) is 14.9. The van der Waals surface area contributed by atoms with Crippen molar-refractivity contribution in [2.45, 2.75) is 6.04 Å². The first-order valence-electron chi connectivity index (χ1n) is 8.97. The summed E-state index contributed by atoms with van der Waals surface area (Å²) in [4.78, 5) is 24.5. The Balaban J connectivity index is 1.70. The number of aromatic nitrogens is 2. The molecule has 0 spiro atoms. The van der Waals surface area contributed by atoms with Gasteiger partial charge in [-0.3, -0.25) is 4.79 Å². The summed E-state index contributed by atoms with van der Waals surface area (Å²) in [6.07, 6.45) is 2.94. The van der Waals surface area contributed by atoms with Crippen molar-refractivity contribution in [3.05, 3.63) is 82.7 Å². The molecule has 1 unspecified atom stereocenters. The molecule has 2 aromatic carbocycles. The number of allylic oxidation sites excluding steroid dienone is 1. The summed E-state index contributed by atoms with van der Waals surface area (Å²) in [5.41, 5.74) is 1.49. The van der Waals surface area contributed by atoms with Gasteiger partial charge in [0.05, 0.1) is 19.3 Å². The fourth-order valence-corrected chi connectivity index (χ4v) is 3.31. The molecule has 3 aromatic rings. The Bertz CT molecular complexity index is 1150. The van der Waals surface area contributed by atoms with Gasteiger partial charge in [-0.05, 0) is 35.9 Å². The number of carboxylic acids is 1. The molecule has 0 saturated heterocycles. The number of carboxylic acid groups (broad SMARTS) is 1. The van der Waals surface area contributed by atoms with Crippen LogP contribution in [-0.4, -0.2) is 33.9 Å². The van der Waals surface area contributed by atoms with Crippen LogP contribution in [0, 0.1) is 0 Å². The van der Waals surface area contributed by atoms with Gasteiger partial charge in [0.15, 0.2) is 0 Å². The molecule has 152 valence electrons. The van der Waals surface area contributed by atoms with Crippen LogP contribution in [0.4, 0.5) is 11.5 Å². The maximum Gasteiger partial charge on any atom is 0.352 e. The van der Waals surface area contributed by atoms with Crippen molar-refractivity contribution in [3.63, 3.8) is 0 Å². The largest absolute Gasteiger partial charge is 0.497 e. The Kier molecular flexibility index (Phi) is 5.16. The number of benzene rings is 2. The van der Waals surface area contributed by atoms with Crippen LogP contribution in [0.2, 0.25) is 5.02 Å². The third-order valence-corrected chi connectivity index (χ3v) is 4.90. The number of amides is 1. The van der Waals surface area contributed by atoms with E-state index in [2.05, 4.69) is 15.7 Å². The number of fused-ring (bicyclic) bond motifs is 1. The summed E-state index contributed by atoms with van der Waals surface area (Å²) < 4.78 is 6.73. The highest BCUT2D eigenvalue weighted by atomic mass is 35.5. The lowest BCUT2D eigenvalue weighted by molar-refractivity contribution is -0.132. The van der Waals surface area contributed by atoms with Gasteiger partial charge < -0.3 is 20.5 Å². The van der Waals surface area contributed by atoms with Crippen molar-refractivity contribution in [2.24, 2.45) is 0 Å². The molecule has 0 saturated carbocycles. The number of ether oxygens (including phenoxy) is 1. The van der Waals surface area contributed by atoms with Crippen molar-refractivity contribution in [3.8, 4) is 5.75 Å². The van der Waals surface area contributed by atoms with Gasteiger partial charge in [-0.2, -0.15) is 5.10 Å². The van der Waals surface area contributed by atoms with Gasteiger partial charge in [0, 0.05) is 16.8 Å². The minimum atomic E-state index is -1.14. The molecule has 4 rings (SSSR count). The average Bonchev–Trinajstić information content (AvgIpc) is 3.18. The molecule has 1 aromatic heterocycles. The van der Waals surface area contributed by atoms with Gasteiger partial charge in [-0.25, -0.2) is 9.48 Å². The summed E-state index contributed by atoms with van der Waals surface area (Å²) in [6, 6.07) is 13.4. The molecule has 0 bridgehead atoms. The molecular weight excluding hydrogens is 408 g/mol. The lowest BCUT2D eigenvalue weighted by Gasteiger charge is -2.24. The Morgan fingerprint density at radius 3 is 2.70 bits per heavy atom. The van der Waals surface area contributed by atoms with E-state index >= 15 is 0 Å². The van der Waals surface area contributed by atoms with Crippen LogP contribution in [0.3, 0.4) is 0 Å². The molecular formula is C21H17ClN4O4. The molecule has 8 nitrogen and oxygen atoms in total. The number of methoxy groups -OCH3 is 1. The van der Waals surface area contributed by atoms with E-state index in [1.54, 1.807) is 53.2 Å². The van der Waals surface area contributed by atoms with E-state index < -0.39 is 17.9 Å². The molecule has 9 heteroatoms. The van der Waals surface area contributed by atoms with Crippen LogP contribution in [0.15, 0.2) is 66.5 Å². The van der Waals surface area contributed by atoms with Crippen LogP contribution >= 0.6 is 11.6 Å². The molecule has 2 heterocycles. The van der Waals surface area contributed by atoms with Crippen molar-refractivity contribution >= 4 is 35.0 Å². The molecule has 3 N–H and O–H groups in total. The number of aliphatic carboxylic acids is 1. The third kappa shape index (κ3) is 3.72. The second kappa shape index (κ2) is 7.92. The summed E-state index contributed by atoms with van der Waals surface area (Å²) in [6.45, 7) is 0. The second-order valence-corrected chi connectivity index (χ2v) is 6.98. The van der Waals surface area contributed by atoms with Crippen molar-refractivity contribution in [1.29, 1.82) is 0 Å². The summed E-state index contributed by atoms with van der Waals surface area (Å²) in [7, 11) is 1.54. The number of carbonyl (C=O) groups is 2. The number of hydrogen-bond acceptors (Lipinski definition) is 5. The summed E-state index contributed by atoms with van der Waals surface area (Å²) >= 11 is 5.97. The predicted octanol–water partition coefficient (Wildman–Crippen LogP) is 3.78. The number of nitrogens with zero attached hydrogens (tertiary/aromatic N) is 2. The maximum absolute atomic E-state index is 12.9. The van der Waals surface area contributed by atoms with Gasteiger partial charge in [0.25, 0.3) is 5.91 Å². The van der Waals surface area contributed by atoms with E-state index in [-0.39, 0.29) is 17.1 Å². The predicted molar refractivity (Wildman–Crippen MR) is 112 cm³/mol. The van der Waals surface area contributed by atoms with E-state index in [9.17, 15) is 14.7 Å². The second-order valence-electron chi connectivity index (χ2n) is 6.54. The average molecular weight is 425 g/mol. The van der Waals surface area contributed by atoms with E-state index in [1.807, 2.05) is 0 Å². The Labute approximate surface area is 176 Å². The smallest absolute Gasteiger partial charge is 0.352 e. The van der Waals surface area contributed by atoms with E-state index in [0.717, 1.165) is 5.56 Å². The van der Waals surface area contributed by atoms with Gasteiger partial charge in [-0.1, -0.05) is 29.8 Å². The number of rotatable bonds is 5.